The number of aromatic amines is 1. The Balaban J connectivity index is 2.22. The van der Waals surface area contributed by atoms with Crippen LogP contribution in [0.3, 0.4) is 0 Å². The third kappa shape index (κ3) is 2.45. The molecular weight excluding hydrogens is 218 g/mol. The van der Waals surface area contributed by atoms with Crippen LogP contribution in [0.15, 0.2) is 18.2 Å². The number of ether oxygens (including phenoxy) is 1. The van der Waals surface area contributed by atoms with Gasteiger partial charge in [-0.2, -0.15) is 0 Å². The van der Waals surface area contributed by atoms with Crippen molar-refractivity contribution in [2.45, 2.75) is 20.0 Å². The van der Waals surface area contributed by atoms with Gasteiger partial charge in [-0.25, -0.2) is 4.98 Å². The van der Waals surface area contributed by atoms with Crippen LogP contribution < -0.4 is 5.32 Å². The minimum Gasteiger partial charge on any atom is -0.372 e. The van der Waals surface area contributed by atoms with Crippen LogP contribution in [0.5, 0.6) is 0 Å². The molecule has 1 aromatic carbocycles. The summed E-state index contributed by atoms with van der Waals surface area (Å²) in [4.78, 5) is 19.0. The summed E-state index contributed by atoms with van der Waals surface area (Å²) in [6.07, 6.45) is -0.464. The van der Waals surface area contributed by atoms with E-state index in [0.29, 0.717) is 0 Å². The molecule has 0 bridgehead atoms. The first-order valence-corrected chi connectivity index (χ1v) is 5.40. The van der Waals surface area contributed by atoms with Crippen LogP contribution in [-0.2, 0) is 9.53 Å². The van der Waals surface area contributed by atoms with Gasteiger partial charge in [-0.1, -0.05) is 0 Å². The number of methoxy groups -OCH3 is 1. The van der Waals surface area contributed by atoms with Gasteiger partial charge in [0.15, 0.2) is 0 Å². The molecule has 0 aliphatic carbocycles. The second-order valence-corrected chi connectivity index (χ2v) is 3.92. The first-order valence-electron chi connectivity index (χ1n) is 5.40. The summed E-state index contributed by atoms with van der Waals surface area (Å²) in [6.45, 7) is 3.60. The molecule has 0 saturated carbocycles. The fraction of sp³-hybridized carbons (Fsp3) is 0.333. The number of H-pyrrole nitrogens is 1. The van der Waals surface area contributed by atoms with E-state index in [-0.39, 0.29) is 5.91 Å². The standard InChI is InChI=1S/C12H15N3O2/c1-7(17-3)12(16)15-9-4-5-10-11(6-9)14-8(2)13-10/h4-7H,1-3H3,(H,13,14)(H,15,16). The molecule has 1 atom stereocenters. The highest BCUT2D eigenvalue weighted by atomic mass is 16.5. The lowest BCUT2D eigenvalue weighted by Crippen LogP contribution is -2.26. The topological polar surface area (TPSA) is 67.0 Å². The van der Waals surface area contributed by atoms with Crippen LogP contribution in [0, 0.1) is 6.92 Å². The maximum absolute atomic E-state index is 11.6. The van der Waals surface area contributed by atoms with E-state index in [1.54, 1.807) is 6.92 Å². The summed E-state index contributed by atoms with van der Waals surface area (Å²) in [5, 5.41) is 2.78. The summed E-state index contributed by atoms with van der Waals surface area (Å²) < 4.78 is 4.94. The molecule has 0 radical (unpaired) electrons. The van der Waals surface area contributed by atoms with E-state index in [2.05, 4.69) is 15.3 Å². The number of nitrogens with zero attached hydrogens (tertiary/aromatic N) is 1. The van der Waals surface area contributed by atoms with Crippen molar-refractivity contribution in [2.24, 2.45) is 0 Å². The fourth-order valence-corrected chi connectivity index (χ4v) is 1.57. The van der Waals surface area contributed by atoms with Crippen LogP contribution in [0.4, 0.5) is 5.69 Å². The molecule has 1 unspecified atom stereocenters. The molecule has 5 nitrogen and oxygen atoms in total. The van der Waals surface area contributed by atoms with E-state index in [1.807, 2.05) is 25.1 Å². The smallest absolute Gasteiger partial charge is 0.253 e. The Labute approximate surface area is 99.2 Å². The summed E-state index contributed by atoms with van der Waals surface area (Å²) >= 11 is 0. The Bertz CT molecular complexity index is 548. The molecule has 0 aliphatic rings. The van der Waals surface area contributed by atoms with Gasteiger partial charge >= 0.3 is 0 Å². The average molecular weight is 233 g/mol. The molecule has 2 rings (SSSR count). The molecule has 0 fully saturated rings. The van der Waals surface area contributed by atoms with Crippen molar-refractivity contribution in [3.63, 3.8) is 0 Å². The lowest BCUT2D eigenvalue weighted by atomic mass is 10.2. The number of fused-ring (bicyclic) bond motifs is 1. The van der Waals surface area contributed by atoms with Gasteiger partial charge in [0.05, 0.1) is 11.0 Å². The number of benzene rings is 1. The maximum Gasteiger partial charge on any atom is 0.253 e. The molecule has 2 N–H and O–H groups in total. The summed E-state index contributed by atoms with van der Waals surface area (Å²) in [6, 6.07) is 5.55. The predicted molar refractivity (Wildman–Crippen MR) is 65.9 cm³/mol. The SMILES string of the molecule is COC(C)C(=O)Nc1ccc2nc(C)[nH]c2c1. The van der Waals surface area contributed by atoms with Crippen LogP contribution >= 0.6 is 0 Å². The van der Waals surface area contributed by atoms with Crippen molar-refractivity contribution >= 4 is 22.6 Å². The Morgan fingerprint density at radius 2 is 2.29 bits per heavy atom. The third-order valence-electron chi connectivity index (χ3n) is 2.59. The van der Waals surface area contributed by atoms with Crippen molar-refractivity contribution in [1.29, 1.82) is 0 Å². The first-order chi connectivity index (χ1) is 8.10. The second kappa shape index (κ2) is 4.55. The maximum atomic E-state index is 11.6. The Kier molecular flexibility index (Phi) is 3.10. The monoisotopic (exact) mass is 233 g/mol. The summed E-state index contributed by atoms with van der Waals surface area (Å²) in [5.74, 6) is 0.692. The Morgan fingerprint density at radius 3 is 3.00 bits per heavy atom. The lowest BCUT2D eigenvalue weighted by Gasteiger charge is -2.10. The Morgan fingerprint density at radius 1 is 1.53 bits per heavy atom. The minimum atomic E-state index is -0.464. The highest BCUT2D eigenvalue weighted by molar-refractivity contribution is 5.95. The highest BCUT2D eigenvalue weighted by Gasteiger charge is 2.11. The van der Waals surface area contributed by atoms with E-state index >= 15 is 0 Å². The number of hydrogen-bond donors (Lipinski definition) is 2. The van der Waals surface area contributed by atoms with E-state index in [1.165, 1.54) is 7.11 Å². The predicted octanol–water partition coefficient (Wildman–Crippen LogP) is 1.84. The highest BCUT2D eigenvalue weighted by Crippen LogP contribution is 2.17. The fourth-order valence-electron chi connectivity index (χ4n) is 1.57. The van der Waals surface area contributed by atoms with E-state index in [0.717, 1.165) is 22.5 Å². The number of anilines is 1. The summed E-state index contributed by atoms with van der Waals surface area (Å²) in [5.41, 5.74) is 2.53. The molecule has 0 spiro atoms. The van der Waals surface area contributed by atoms with Gasteiger partial charge in [0, 0.05) is 12.8 Å². The van der Waals surface area contributed by atoms with Crippen molar-refractivity contribution in [3.8, 4) is 0 Å². The molecule has 5 heteroatoms. The number of nitrogens with one attached hydrogen (secondary N) is 2. The van der Waals surface area contributed by atoms with Crippen LogP contribution in [0.1, 0.15) is 12.7 Å². The molecule has 1 amide bonds. The molecular formula is C12H15N3O2. The van der Waals surface area contributed by atoms with Gasteiger partial charge in [-0.15, -0.1) is 0 Å². The van der Waals surface area contributed by atoms with Crippen molar-refractivity contribution in [2.75, 3.05) is 12.4 Å². The van der Waals surface area contributed by atoms with Crippen molar-refractivity contribution < 1.29 is 9.53 Å². The Hall–Kier alpha value is -1.88. The molecule has 1 aromatic heterocycles. The number of amides is 1. The quantitative estimate of drug-likeness (QED) is 0.850. The molecule has 17 heavy (non-hydrogen) atoms. The zero-order valence-electron chi connectivity index (χ0n) is 10.1. The number of carbonyl (C=O) groups excluding carboxylic acids is 1. The molecule has 2 aromatic rings. The normalized spacial score (nSPS) is 12.6. The van der Waals surface area contributed by atoms with Crippen LogP contribution in [0.25, 0.3) is 11.0 Å². The van der Waals surface area contributed by atoms with Gasteiger partial charge in [0.25, 0.3) is 5.91 Å². The second-order valence-electron chi connectivity index (χ2n) is 3.92. The minimum absolute atomic E-state index is 0.164. The third-order valence-corrected chi connectivity index (χ3v) is 2.59. The zero-order chi connectivity index (χ0) is 12.4. The number of aryl methyl sites for hydroxylation is 1. The number of carbonyl (C=O) groups is 1. The van der Waals surface area contributed by atoms with Gasteiger partial charge in [0.1, 0.15) is 11.9 Å². The van der Waals surface area contributed by atoms with Crippen LogP contribution in [0.2, 0.25) is 0 Å². The van der Waals surface area contributed by atoms with Crippen molar-refractivity contribution in [1.82, 2.24) is 9.97 Å². The summed E-state index contributed by atoms with van der Waals surface area (Å²) in [7, 11) is 1.51. The van der Waals surface area contributed by atoms with E-state index < -0.39 is 6.10 Å². The largest absolute Gasteiger partial charge is 0.372 e. The molecule has 0 saturated heterocycles. The number of rotatable bonds is 3. The molecule has 0 aliphatic heterocycles. The first kappa shape index (κ1) is 11.6. The number of hydrogen-bond acceptors (Lipinski definition) is 3. The van der Waals surface area contributed by atoms with Gasteiger partial charge in [0.2, 0.25) is 0 Å². The van der Waals surface area contributed by atoms with Crippen LogP contribution in [-0.4, -0.2) is 29.1 Å². The van der Waals surface area contributed by atoms with E-state index in [4.69, 9.17) is 4.74 Å². The zero-order valence-corrected chi connectivity index (χ0v) is 10.1. The number of aromatic nitrogens is 2. The van der Waals surface area contributed by atoms with Gasteiger partial charge in [-0.05, 0) is 32.0 Å². The molecule has 90 valence electrons. The number of imidazole rings is 1. The van der Waals surface area contributed by atoms with E-state index in [9.17, 15) is 4.79 Å². The van der Waals surface area contributed by atoms with Gasteiger partial charge in [-0.3, -0.25) is 4.79 Å². The lowest BCUT2D eigenvalue weighted by molar-refractivity contribution is -0.124. The van der Waals surface area contributed by atoms with Crippen molar-refractivity contribution in [3.05, 3.63) is 24.0 Å². The average Bonchev–Trinajstić information content (AvgIpc) is 2.67. The molecule has 1 heterocycles. The van der Waals surface area contributed by atoms with Gasteiger partial charge < -0.3 is 15.0 Å².